The van der Waals surface area contributed by atoms with Gasteiger partial charge in [0.05, 0.1) is 0 Å². The van der Waals surface area contributed by atoms with E-state index in [-0.39, 0.29) is 13.1 Å². The maximum Gasteiger partial charge on any atom is 0.325 e. The summed E-state index contributed by atoms with van der Waals surface area (Å²) in [7, 11) is 0. The van der Waals surface area contributed by atoms with Gasteiger partial charge < -0.3 is 10.2 Å². The molecule has 1 aliphatic heterocycles. The topological polar surface area (TPSA) is 64.0 Å². The molecule has 2 N–H and O–H groups in total. The third kappa shape index (κ3) is 1.98. The van der Waals surface area contributed by atoms with Gasteiger partial charge in [-0.3, -0.25) is 9.80 Å². The van der Waals surface area contributed by atoms with E-state index in [4.69, 9.17) is 0 Å². The number of urea groups is 1. The predicted octanol–water partition coefficient (Wildman–Crippen LogP) is 2.45. The summed E-state index contributed by atoms with van der Waals surface area (Å²) in [6, 6.07) is 17.3. The Hall–Kier alpha value is -2.37. The normalized spacial score (nSPS) is 26.9. The lowest BCUT2D eigenvalue weighted by Crippen LogP contribution is -2.57. The third-order valence-corrected chi connectivity index (χ3v) is 4.71. The van der Waals surface area contributed by atoms with Crippen LogP contribution in [0.1, 0.15) is 25.0 Å². The van der Waals surface area contributed by atoms with Crippen LogP contribution in [0.5, 0.6) is 0 Å². The predicted molar refractivity (Wildman–Crippen MR) is 90.8 cm³/mol. The van der Waals surface area contributed by atoms with Crippen molar-refractivity contribution in [2.45, 2.75) is 25.3 Å². The van der Waals surface area contributed by atoms with Crippen molar-refractivity contribution >= 4 is 6.03 Å². The molecule has 0 spiro atoms. The van der Waals surface area contributed by atoms with Crippen LogP contribution in [0.2, 0.25) is 0 Å². The van der Waals surface area contributed by atoms with Crippen LogP contribution in [0.3, 0.4) is 0 Å². The van der Waals surface area contributed by atoms with Gasteiger partial charge in [0.2, 0.25) is 11.4 Å². The fourth-order valence-electron chi connectivity index (χ4n) is 3.58. The Kier molecular flexibility index (Phi) is 4.07. The molecule has 2 aromatic carbocycles. The van der Waals surface area contributed by atoms with Crippen molar-refractivity contribution in [2.24, 2.45) is 0 Å². The molecule has 2 atom stereocenters. The second-order valence-electron chi connectivity index (χ2n) is 5.85. The average Bonchev–Trinajstić information content (AvgIpc) is 2.80. The molecule has 0 aliphatic carbocycles. The van der Waals surface area contributed by atoms with E-state index in [0.717, 1.165) is 0 Å². The van der Waals surface area contributed by atoms with Gasteiger partial charge in [0, 0.05) is 24.2 Å². The lowest BCUT2D eigenvalue weighted by atomic mass is 9.85. The minimum Gasteiger partial charge on any atom is -0.363 e. The molecule has 0 unspecified atom stereocenters. The molecule has 2 amide bonds. The number of rotatable bonds is 4. The third-order valence-electron chi connectivity index (χ3n) is 4.71. The second kappa shape index (κ2) is 5.92. The minimum atomic E-state index is -1.88. The number of hydrogen-bond acceptors (Lipinski definition) is 3. The fraction of sp³-hybridized carbons (Fsp3) is 0.316. The van der Waals surface area contributed by atoms with E-state index in [0.29, 0.717) is 11.1 Å². The maximum atomic E-state index is 12.9. The highest BCUT2D eigenvalue weighted by atomic mass is 16.4. The summed E-state index contributed by atoms with van der Waals surface area (Å²) >= 11 is 0. The molecule has 1 fully saturated rings. The molecule has 3 rings (SSSR count). The first kappa shape index (κ1) is 16.5. The molecular weight excluding hydrogens is 304 g/mol. The number of hydrogen-bond donors (Lipinski definition) is 2. The van der Waals surface area contributed by atoms with Crippen molar-refractivity contribution in [3.63, 3.8) is 0 Å². The van der Waals surface area contributed by atoms with Crippen molar-refractivity contribution in [2.75, 3.05) is 13.1 Å². The lowest BCUT2D eigenvalue weighted by Gasteiger charge is -2.43. The van der Waals surface area contributed by atoms with Gasteiger partial charge in [-0.25, -0.2) is 4.79 Å². The van der Waals surface area contributed by atoms with E-state index < -0.39 is 17.5 Å². The van der Waals surface area contributed by atoms with Crippen LogP contribution in [0.4, 0.5) is 4.79 Å². The van der Waals surface area contributed by atoms with Gasteiger partial charge in [-0.15, -0.1) is 0 Å². The lowest BCUT2D eigenvalue weighted by molar-refractivity contribution is -0.243. The highest BCUT2D eigenvalue weighted by Gasteiger charge is 2.67. The summed E-state index contributed by atoms with van der Waals surface area (Å²) in [5.74, 6) is 0. The molecule has 1 aliphatic rings. The molecule has 5 heteroatoms. The molecule has 0 saturated carbocycles. The Morgan fingerprint density at radius 2 is 1.08 bits per heavy atom. The van der Waals surface area contributed by atoms with Gasteiger partial charge in [0.1, 0.15) is 0 Å². The summed E-state index contributed by atoms with van der Waals surface area (Å²) in [4.78, 5) is 15.5. The van der Waals surface area contributed by atoms with Crippen molar-refractivity contribution in [3.05, 3.63) is 71.8 Å². The Bertz CT molecular complexity index is 660. The Morgan fingerprint density at radius 3 is 1.38 bits per heavy atom. The standard InChI is InChI=1S/C19H22N2O3/c1-3-20-17(22)21(4-2)19(24,16-13-9-6-10-14-16)18(20,23)15-11-7-5-8-12-15/h5-14,23-24H,3-4H2,1-2H3/t18-,19-/m1/s1. The van der Waals surface area contributed by atoms with Gasteiger partial charge in [-0.05, 0) is 13.8 Å². The van der Waals surface area contributed by atoms with Gasteiger partial charge in [-0.1, -0.05) is 60.7 Å². The quantitative estimate of drug-likeness (QED) is 0.907. The number of amides is 2. The molecule has 2 aromatic rings. The van der Waals surface area contributed by atoms with E-state index in [1.54, 1.807) is 62.4 Å². The van der Waals surface area contributed by atoms with Crippen molar-refractivity contribution < 1.29 is 15.0 Å². The van der Waals surface area contributed by atoms with Crippen LogP contribution in [0.15, 0.2) is 60.7 Å². The van der Waals surface area contributed by atoms with Crippen molar-refractivity contribution in [1.82, 2.24) is 9.80 Å². The van der Waals surface area contributed by atoms with E-state index >= 15 is 0 Å². The van der Waals surface area contributed by atoms with Crippen LogP contribution in [0.25, 0.3) is 0 Å². The van der Waals surface area contributed by atoms with Crippen molar-refractivity contribution in [1.29, 1.82) is 0 Å². The highest BCUT2D eigenvalue weighted by Crippen LogP contribution is 2.50. The minimum absolute atomic E-state index is 0.274. The van der Waals surface area contributed by atoms with Gasteiger partial charge in [0.15, 0.2) is 0 Å². The van der Waals surface area contributed by atoms with Crippen LogP contribution in [0, 0.1) is 0 Å². The second-order valence-corrected chi connectivity index (χ2v) is 5.85. The molecule has 0 bridgehead atoms. The largest absolute Gasteiger partial charge is 0.363 e. The molecule has 126 valence electrons. The number of carbonyl (C=O) groups is 1. The van der Waals surface area contributed by atoms with Crippen LogP contribution >= 0.6 is 0 Å². The summed E-state index contributed by atoms with van der Waals surface area (Å²) < 4.78 is 0. The van der Waals surface area contributed by atoms with E-state index in [2.05, 4.69) is 0 Å². The van der Waals surface area contributed by atoms with E-state index in [1.807, 2.05) is 12.1 Å². The number of nitrogens with zero attached hydrogens (tertiary/aromatic N) is 2. The fourth-order valence-corrected chi connectivity index (χ4v) is 3.58. The first-order chi connectivity index (χ1) is 11.5. The van der Waals surface area contributed by atoms with Crippen LogP contribution in [-0.4, -0.2) is 39.1 Å². The SMILES string of the molecule is CCN1C(=O)N(CC)[C@@](O)(c2ccccc2)[C@]1(O)c1ccccc1. The average molecular weight is 326 g/mol. The van der Waals surface area contributed by atoms with Crippen LogP contribution in [-0.2, 0) is 11.4 Å². The number of likely N-dealkylation sites (N-methyl/N-ethyl adjacent to an activating group) is 2. The Balaban J connectivity index is 2.31. The molecule has 1 heterocycles. The van der Waals surface area contributed by atoms with E-state index in [1.165, 1.54) is 9.80 Å². The smallest absolute Gasteiger partial charge is 0.325 e. The summed E-state index contributed by atoms with van der Waals surface area (Å²) in [6.07, 6.45) is 0. The number of carbonyl (C=O) groups excluding carboxylic acids is 1. The summed E-state index contributed by atoms with van der Waals surface area (Å²) in [6.45, 7) is 4.12. The Morgan fingerprint density at radius 1 is 0.750 bits per heavy atom. The molecule has 1 saturated heterocycles. The van der Waals surface area contributed by atoms with Crippen molar-refractivity contribution in [3.8, 4) is 0 Å². The van der Waals surface area contributed by atoms with Gasteiger partial charge >= 0.3 is 6.03 Å². The number of benzene rings is 2. The zero-order valence-corrected chi connectivity index (χ0v) is 13.9. The zero-order valence-electron chi connectivity index (χ0n) is 13.9. The summed E-state index contributed by atoms with van der Waals surface area (Å²) in [5, 5.41) is 23.4. The molecule has 0 aromatic heterocycles. The van der Waals surface area contributed by atoms with Gasteiger partial charge in [-0.2, -0.15) is 0 Å². The maximum absolute atomic E-state index is 12.9. The summed E-state index contributed by atoms with van der Waals surface area (Å²) in [5.41, 5.74) is -2.81. The van der Waals surface area contributed by atoms with Crippen LogP contribution < -0.4 is 0 Å². The van der Waals surface area contributed by atoms with Gasteiger partial charge in [0.25, 0.3) is 0 Å². The first-order valence-electron chi connectivity index (χ1n) is 8.16. The van der Waals surface area contributed by atoms with E-state index in [9.17, 15) is 15.0 Å². The zero-order chi connectivity index (χ0) is 17.4. The first-order valence-corrected chi connectivity index (χ1v) is 8.16. The monoisotopic (exact) mass is 326 g/mol. The number of aliphatic hydroxyl groups is 2. The Labute approximate surface area is 141 Å². The molecular formula is C19H22N2O3. The molecule has 24 heavy (non-hydrogen) atoms. The molecule has 0 radical (unpaired) electrons. The highest BCUT2D eigenvalue weighted by molar-refractivity contribution is 5.80. The molecule has 5 nitrogen and oxygen atoms in total.